The largest absolute Gasteiger partial charge is 0.508 e. The van der Waals surface area contributed by atoms with Gasteiger partial charge in [-0.1, -0.05) is 24.3 Å². The summed E-state index contributed by atoms with van der Waals surface area (Å²) in [7, 11) is 0. The van der Waals surface area contributed by atoms with E-state index in [9.17, 15) is 40.9 Å². The summed E-state index contributed by atoms with van der Waals surface area (Å²) >= 11 is 0. The highest BCUT2D eigenvalue weighted by molar-refractivity contribution is 5.61. The number of rotatable bonds is 3. The molecule has 0 spiro atoms. The molecule has 10 heteroatoms. The topological polar surface area (TPSA) is 180 Å². The minimum absolute atomic E-state index is 0.00166. The van der Waals surface area contributed by atoms with Crippen molar-refractivity contribution in [2.75, 3.05) is 0 Å². The number of aliphatic hydroxyl groups excluding tert-OH is 2. The van der Waals surface area contributed by atoms with E-state index >= 15 is 0 Å². The van der Waals surface area contributed by atoms with Gasteiger partial charge in [-0.25, -0.2) is 0 Å². The van der Waals surface area contributed by atoms with Gasteiger partial charge in [-0.2, -0.15) is 0 Å². The summed E-state index contributed by atoms with van der Waals surface area (Å²) in [5.74, 6) is -2.42. The summed E-state index contributed by atoms with van der Waals surface area (Å²) in [6.45, 7) is 0. The molecule has 4 aromatic rings. The molecule has 206 valence electrons. The molecule has 0 saturated carbocycles. The van der Waals surface area contributed by atoms with Crippen LogP contribution in [0.5, 0.6) is 46.0 Å². The standard InChI is InChI=1S/C30H26O10/c31-15-3-1-2-13(8-15)29-22(36)12-18-23(39-29)7-5-17(27(18)37)25-26-21(35)10-16(32)11-24(26)40-30(28(25)38)14-4-6-19(33)20(34)9-14/h1-11,22,25,28-38H,12H2/t22-,25+,28-,29-,30-/m1/s1. The maximum Gasteiger partial charge on any atom is 0.157 e. The molecule has 0 aromatic heterocycles. The van der Waals surface area contributed by atoms with Crippen LogP contribution >= 0.6 is 0 Å². The molecular weight excluding hydrogens is 520 g/mol. The van der Waals surface area contributed by atoms with Gasteiger partial charge in [0, 0.05) is 41.2 Å². The van der Waals surface area contributed by atoms with Crippen LogP contribution in [0, 0.1) is 0 Å². The first-order chi connectivity index (χ1) is 19.1. The lowest BCUT2D eigenvalue weighted by atomic mass is 9.78. The number of phenolic OH excluding ortho intramolecular Hbond substituents is 6. The maximum absolute atomic E-state index is 11.6. The van der Waals surface area contributed by atoms with E-state index in [4.69, 9.17) is 9.47 Å². The minimum Gasteiger partial charge on any atom is -0.508 e. The molecule has 0 aliphatic carbocycles. The molecule has 6 rings (SSSR count). The molecule has 0 radical (unpaired) electrons. The maximum atomic E-state index is 11.6. The van der Waals surface area contributed by atoms with Crippen LogP contribution in [0.1, 0.15) is 45.9 Å². The normalized spacial score (nSPS) is 23.4. The predicted octanol–water partition coefficient (Wildman–Crippen LogP) is 3.58. The molecule has 8 N–H and O–H groups in total. The van der Waals surface area contributed by atoms with Crippen molar-refractivity contribution < 1.29 is 50.3 Å². The molecule has 40 heavy (non-hydrogen) atoms. The van der Waals surface area contributed by atoms with E-state index in [-0.39, 0.29) is 52.0 Å². The third kappa shape index (κ3) is 4.14. The zero-order valence-electron chi connectivity index (χ0n) is 20.8. The van der Waals surface area contributed by atoms with Crippen molar-refractivity contribution in [3.05, 3.63) is 94.5 Å². The molecule has 0 saturated heterocycles. The van der Waals surface area contributed by atoms with Gasteiger partial charge in [0.25, 0.3) is 0 Å². The van der Waals surface area contributed by atoms with E-state index in [2.05, 4.69) is 0 Å². The number of ether oxygens (including phenoxy) is 2. The van der Waals surface area contributed by atoms with Crippen molar-refractivity contribution >= 4 is 0 Å². The Balaban J connectivity index is 1.45. The minimum atomic E-state index is -1.41. The van der Waals surface area contributed by atoms with Gasteiger partial charge < -0.3 is 50.3 Å². The van der Waals surface area contributed by atoms with Crippen LogP contribution in [0.3, 0.4) is 0 Å². The highest BCUT2D eigenvalue weighted by Crippen LogP contribution is 2.54. The summed E-state index contributed by atoms with van der Waals surface area (Å²) in [6, 6.07) is 15.7. The van der Waals surface area contributed by atoms with Crippen LogP contribution < -0.4 is 9.47 Å². The summed E-state index contributed by atoms with van der Waals surface area (Å²) in [5, 5.41) is 84.5. The number of phenols is 6. The summed E-state index contributed by atoms with van der Waals surface area (Å²) in [5.41, 5.74) is 1.47. The number of hydrogen-bond acceptors (Lipinski definition) is 10. The van der Waals surface area contributed by atoms with Crippen molar-refractivity contribution in [1.82, 2.24) is 0 Å². The van der Waals surface area contributed by atoms with E-state index < -0.39 is 36.1 Å². The molecule has 0 amide bonds. The number of benzene rings is 4. The average Bonchev–Trinajstić information content (AvgIpc) is 2.91. The molecule has 2 heterocycles. The van der Waals surface area contributed by atoms with Gasteiger partial charge in [-0.05, 0) is 41.5 Å². The number of hydrogen-bond donors (Lipinski definition) is 8. The average molecular weight is 547 g/mol. The smallest absolute Gasteiger partial charge is 0.157 e. The quantitative estimate of drug-likeness (QED) is 0.177. The Morgan fingerprint density at radius 2 is 1.38 bits per heavy atom. The summed E-state index contributed by atoms with van der Waals surface area (Å²) < 4.78 is 12.0. The van der Waals surface area contributed by atoms with Gasteiger partial charge in [-0.15, -0.1) is 0 Å². The fraction of sp³-hybridized carbons (Fsp3) is 0.200. The van der Waals surface area contributed by atoms with Gasteiger partial charge in [-0.3, -0.25) is 0 Å². The van der Waals surface area contributed by atoms with E-state index in [1.165, 1.54) is 42.5 Å². The third-order valence-corrected chi connectivity index (χ3v) is 7.47. The second kappa shape index (κ2) is 9.44. The zero-order valence-corrected chi connectivity index (χ0v) is 20.8. The molecule has 2 aliphatic heterocycles. The highest BCUT2D eigenvalue weighted by atomic mass is 16.5. The molecule has 0 unspecified atom stereocenters. The predicted molar refractivity (Wildman–Crippen MR) is 140 cm³/mol. The van der Waals surface area contributed by atoms with Crippen molar-refractivity contribution in [2.45, 2.75) is 36.8 Å². The molecule has 10 nitrogen and oxygen atoms in total. The van der Waals surface area contributed by atoms with Crippen LogP contribution in [-0.2, 0) is 6.42 Å². The van der Waals surface area contributed by atoms with E-state index in [0.717, 1.165) is 6.07 Å². The van der Waals surface area contributed by atoms with Crippen molar-refractivity contribution in [1.29, 1.82) is 0 Å². The van der Waals surface area contributed by atoms with Gasteiger partial charge in [0.15, 0.2) is 17.6 Å². The van der Waals surface area contributed by atoms with Gasteiger partial charge in [0.1, 0.15) is 46.7 Å². The van der Waals surface area contributed by atoms with Crippen LogP contribution in [0.25, 0.3) is 0 Å². The lowest BCUT2D eigenvalue weighted by Gasteiger charge is -2.39. The molecule has 4 aromatic carbocycles. The second-order valence-corrected chi connectivity index (χ2v) is 10.0. The highest BCUT2D eigenvalue weighted by Gasteiger charge is 2.43. The summed E-state index contributed by atoms with van der Waals surface area (Å²) in [6.07, 6.45) is -4.40. The lowest BCUT2D eigenvalue weighted by Crippen LogP contribution is -2.35. The first-order valence-electron chi connectivity index (χ1n) is 12.5. The molecular formula is C30H26O10. The van der Waals surface area contributed by atoms with Crippen molar-refractivity contribution in [2.24, 2.45) is 0 Å². The second-order valence-electron chi connectivity index (χ2n) is 10.0. The third-order valence-electron chi connectivity index (χ3n) is 7.47. The van der Waals surface area contributed by atoms with Crippen molar-refractivity contribution in [3.8, 4) is 46.0 Å². The van der Waals surface area contributed by atoms with Crippen LogP contribution in [0.2, 0.25) is 0 Å². The van der Waals surface area contributed by atoms with E-state index in [1.807, 2.05) is 0 Å². The molecule has 5 atom stereocenters. The molecule has 0 fully saturated rings. The number of aliphatic hydroxyl groups is 2. The molecule has 0 bridgehead atoms. The Bertz CT molecular complexity index is 1620. The fourth-order valence-electron chi connectivity index (χ4n) is 5.60. The number of fused-ring (bicyclic) bond motifs is 2. The first kappa shape index (κ1) is 25.5. The fourth-order valence-corrected chi connectivity index (χ4v) is 5.60. The van der Waals surface area contributed by atoms with Crippen LogP contribution in [0.4, 0.5) is 0 Å². The first-order valence-corrected chi connectivity index (χ1v) is 12.5. The lowest BCUT2D eigenvalue weighted by molar-refractivity contribution is 0.00627. The van der Waals surface area contributed by atoms with E-state index in [0.29, 0.717) is 22.4 Å². The van der Waals surface area contributed by atoms with Crippen LogP contribution in [0.15, 0.2) is 66.7 Å². The summed E-state index contributed by atoms with van der Waals surface area (Å²) in [4.78, 5) is 0. The van der Waals surface area contributed by atoms with Gasteiger partial charge in [0.2, 0.25) is 0 Å². The van der Waals surface area contributed by atoms with Crippen LogP contribution in [-0.4, -0.2) is 53.1 Å². The zero-order chi connectivity index (χ0) is 28.3. The number of aromatic hydroxyl groups is 6. The Labute approximate surface area is 227 Å². The van der Waals surface area contributed by atoms with Crippen molar-refractivity contribution in [3.63, 3.8) is 0 Å². The van der Waals surface area contributed by atoms with E-state index in [1.54, 1.807) is 18.2 Å². The Kier molecular flexibility index (Phi) is 6.01. The van der Waals surface area contributed by atoms with Gasteiger partial charge >= 0.3 is 0 Å². The Hall–Kier alpha value is -4.80. The SMILES string of the molecule is Oc1cccc([C@H]2Oc3ccc([C@H]4c5c(O)cc(O)cc5O[C@H](c5ccc(O)c(O)c5)[C@@H]4O)c(O)c3C[C@H]2O)c1. The molecule has 2 aliphatic rings. The Morgan fingerprint density at radius 3 is 2.12 bits per heavy atom. The Morgan fingerprint density at radius 1 is 0.625 bits per heavy atom. The van der Waals surface area contributed by atoms with Gasteiger partial charge in [0.05, 0.1) is 6.10 Å². The monoisotopic (exact) mass is 546 g/mol.